The normalized spacial score (nSPS) is 16.6. The molecule has 1 unspecified atom stereocenters. The van der Waals surface area contributed by atoms with Crippen molar-refractivity contribution < 1.29 is 23.0 Å². The third-order valence-corrected chi connectivity index (χ3v) is 3.33. The van der Waals surface area contributed by atoms with Gasteiger partial charge in [-0.15, -0.1) is 0 Å². The molecule has 134 valence electrons. The molecule has 1 fully saturated rings. The van der Waals surface area contributed by atoms with E-state index in [-0.39, 0.29) is 18.9 Å². The lowest BCUT2D eigenvalue weighted by molar-refractivity contribution is -0.137. The van der Waals surface area contributed by atoms with Gasteiger partial charge in [0.2, 0.25) is 0 Å². The van der Waals surface area contributed by atoms with Crippen LogP contribution >= 0.6 is 0 Å². The van der Waals surface area contributed by atoms with Gasteiger partial charge in [-0.05, 0) is 38.0 Å². The van der Waals surface area contributed by atoms with Gasteiger partial charge in [-0.1, -0.05) is 6.07 Å². The minimum absolute atomic E-state index is 0.0656. The first-order chi connectivity index (χ1) is 11.4. The molecule has 1 aromatic carbocycles. The SMILES string of the molecule is CCNC(=NCC(O)COc1cccc(C(F)(F)F)c1)NC1CC1. The number of ether oxygens (including phenoxy) is 1. The summed E-state index contributed by atoms with van der Waals surface area (Å²) in [5.41, 5.74) is -0.782. The monoisotopic (exact) mass is 345 g/mol. The summed E-state index contributed by atoms with van der Waals surface area (Å²) in [6, 6.07) is 5.01. The van der Waals surface area contributed by atoms with Crippen molar-refractivity contribution in [3.8, 4) is 5.75 Å². The van der Waals surface area contributed by atoms with E-state index >= 15 is 0 Å². The molecule has 0 amide bonds. The van der Waals surface area contributed by atoms with Crippen LogP contribution in [0.2, 0.25) is 0 Å². The third-order valence-electron chi connectivity index (χ3n) is 3.33. The highest BCUT2D eigenvalue weighted by atomic mass is 19.4. The van der Waals surface area contributed by atoms with E-state index in [2.05, 4.69) is 15.6 Å². The molecule has 1 aromatic rings. The van der Waals surface area contributed by atoms with Gasteiger partial charge >= 0.3 is 6.18 Å². The summed E-state index contributed by atoms with van der Waals surface area (Å²) in [6.07, 6.45) is -3.12. The molecule has 0 aliphatic heterocycles. The molecule has 24 heavy (non-hydrogen) atoms. The molecule has 2 rings (SSSR count). The van der Waals surface area contributed by atoms with Gasteiger partial charge in [-0.25, -0.2) is 0 Å². The van der Waals surface area contributed by atoms with Crippen LogP contribution in [0.4, 0.5) is 13.2 Å². The van der Waals surface area contributed by atoms with Crippen LogP contribution in [0.3, 0.4) is 0 Å². The Labute approximate surface area is 138 Å². The van der Waals surface area contributed by atoms with Crippen molar-refractivity contribution in [2.24, 2.45) is 4.99 Å². The minimum Gasteiger partial charge on any atom is -0.491 e. The number of alkyl halides is 3. The number of halogens is 3. The Morgan fingerprint density at radius 1 is 1.42 bits per heavy atom. The van der Waals surface area contributed by atoms with Crippen molar-refractivity contribution in [1.82, 2.24) is 10.6 Å². The van der Waals surface area contributed by atoms with Crippen molar-refractivity contribution >= 4 is 5.96 Å². The predicted octanol–water partition coefficient (Wildman–Crippen LogP) is 2.16. The van der Waals surface area contributed by atoms with Crippen LogP contribution in [-0.2, 0) is 6.18 Å². The highest BCUT2D eigenvalue weighted by Crippen LogP contribution is 2.31. The lowest BCUT2D eigenvalue weighted by Gasteiger charge is -2.14. The maximum Gasteiger partial charge on any atom is 0.416 e. The molecule has 1 aliphatic rings. The number of aliphatic imine (C=N–C) groups is 1. The number of benzene rings is 1. The quantitative estimate of drug-likeness (QED) is 0.523. The van der Waals surface area contributed by atoms with E-state index in [0.717, 1.165) is 25.0 Å². The van der Waals surface area contributed by atoms with Gasteiger partial charge in [0, 0.05) is 12.6 Å². The Morgan fingerprint density at radius 2 is 2.17 bits per heavy atom. The number of guanidine groups is 1. The number of rotatable bonds is 7. The Kier molecular flexibility index (Phi) is 6.30. The van der Waals surface area contributed by atoms with Crippen molar-refractivity contribution in [3.63, 3.8) is 0 Å². The van der Waals surface area contributed by atoms with Gasteiger partial charge in [0.15, 0.2) is 5.96 Å². The Morgan fingerprint density at radius 3 is 2.79 bits per heavy atom. The van der Waals surface area contributed by atoms with Crippen LogP contribution < -0.4 is 15.4 Å². The van der Waals surface area contributed by atoms with Gasteiger partial charge in [-0.3, -0.25) is 4.99 Å². The van der Waals surface area contributed by atoms with Gasteiger partial charge < -0.3 is 20.5 Å². The number of nitrogens with one attached hydrogen (secondary N) is 2. The minimum atomic E-state index is -4.42. The lowest BCUT2D eigenvalue weighted by atomic mass is 10.2. The molecule has 5 nitrogen and oxygen atoms in total. The van der Waals surface area contributed by atoms with Gasteiger partial charge in [0.05, 0.1) is 12.1 Å². The van der Waals surface area contributed by atoms with Gasteiger partial charge in [0.25, 0.3) is 0 Å². The molecule has 1 aliphatic carbocycles. The van der Waals surface area contributed by atoms with E-state index < -0.39 is 17.8 Å². The van der Waals surface area contributed by atoms with Crippen molar-refractivity contribution in [2.75, 3.05) is 19.7 Å². The molecule has 0 aromatic heterocycles. The predicted molar refractivity (Wildman–Crippen MR) is 85.1 cm³/mol. The molecule has 0 saturated heterocycles. The van der Waals surface area contributed by atoms with E-state index in [1.165, 1.54) is 12.1 Å². The highest BCUT2D eigenvalue weighted by Gasteiger charge is 2.30. The largest absolute Gasteiger partial charge is 0.491 e. The van der Waals surface area contributed by atoms with E-state index in [0.29, 0.717) is 18.5 Å². The zero-order valence-electron chi connectivity index (χ0n) is 13.4. The summed E-state index contributed by atoms with van der Waals surface area (Å²) < 4.78 is 43.1. The number of hydrogen-bond acceptors (Lipinski definition) is 3. The van der Waals surface area contributed by atoms with Crippen molar-refractivity contribution in [2.45, 2.75) is 38.1 Å². The number of nitrogens with zero attached hydrogens (tertiary/aromatic N) is 1. The summed E-state index contributed by atoms with van der Waals surface area (Å²) in [5.74, 6) is 0.689. The van der Waals surface area contributed by atoms with Crippen LogP contribution in [-0.4, -0.2) is 42.9 Å². The standard InChI is InChI=1S/C16H22F3N3O2/c1-2-20-15(22-12-6-7-12)21-9-13(23)10-24-14-5-3-4-11(8-14)16(17,18)19/h3-5,8,12-13,23H,2,6-7,9-10H2,1H3,(H2,20,21,22). The molecule has 1 atom stereocenters. The Balaban J connectivity index is 1.82. The molecular formula is C16H22F3N3O2. The van der Waals surface area contributed by atoms with Crippen molar-refractivity contribution in [3.05, 3.63) is 29.8 Å². The first kappa shape index (κ1) is 18.4. The highest BCUT2D eigenvalue weighted by molar-refractivity contribution is 5.80. The van der Waals surface area contributed by atoms with Crippen LogP contribution in [0.25, 0.3) is 0 Å². The fourth-order valence-electron chi connectivity index (χ4n) is 1.95. The smallest absolute Gasteiger partial charge is 0.416 e. The topological polar surface area (TPSA) is 65.9 Å². The first-order valence-electron chi connectivity index (χ1n) is 7.91. The lowest BCUT2D eigenvalue weighted by Crippen LogP contribution is -2.39. The number of hydrogen-bond donors (Lipinski definition) is 3. The molecule has 8 heteroatoms. The van der Waals surface area contributed by atoms with Crippen LogP contribution in [0, 0.1) is 0 Å². The van der Waals surface area contributed by atoms with E-state index in [4.69, 9.17) is 4.74 Å². The van der Waals surface area contributed by atoms with Crippen LogP contribution in [0.15, 0.2) is 29.3 Å². The van der Waals surface area contributed by atoms with Crippen molar-refractivity contribution in [1.29, 1.82) is 0 Å². The molecule has 0 bridgehead atoms. The first-order valence-corrected chi connectivity index (χ1v) is 7.91. The molecule has 1 saturated carbocycles. The van der Waals surface area contributed by atoms with E-state index in [9.17, 15) is 18.3 Å². The zero-order chi connectivity index (χ0) is 17.6. The Bertz CT molecular complexity index is 560. The summed E-state index contributed by atoms with van der Waals surface area (Å²) in [7, 11) is 0. The Hall–Kier alpha value is -1.96. The summed E-state index contributed by atoms with van der Waals surface area (Å²) in [5, 5.41) is 16.2. The molecule has 0 spiro atoms. The second-order valence-corrected chi connectivity index (χ2v) is 5.63. The second kappa shape index (κ2) is 8.23. The summed E-state index contributed by atoms with van der Waals surface area (Å²) in [4.78, 5) is 4.25. The van der Waals surface area contributed by atoms with Gasteiger partial charge in [-0.2, -0.15) is 13.2 Å². The van der Waals surface area contributed by atoms with Gasteiger partial charge in [0.1, 0.15) is 18.5 Å². The average molecular weight is 345 g/mol. The molecule has 0 radical (unpaired) electrons. The molecule has 3 N–H and O–H groups in total. The fraction of sp³-hybridized carbons (Fsp3) is 0.562. The second-order valence-electron chi connectivity index (χ2n) is 5.63. The number of aliphatic hydroxyl groups is 1. The number of aliphatic hydroxyl groups excluding tert-OH is 1. The summed E-state index contributed by atoms with van der Waals surface area (Å²) in [6.45, 7) is 2.61. The average Bonchev–Trinajstić information content (AvgIpc) is 3.34. The maximum absolute atomic E-state index is 12.6. The van der Waals surface area contributed by atoms with E-state index in [1.807, 2.05) is 6.92 Å². The third kappa shape index (κ3) is 6.27. The molecule has 0 heterocycles. The fourth-order valence-corrected chi connectivity index (χ4v) is 1.95. The summed E-state index contributed by atoms with van der Waals surface area (Å²) >= 11 is 0. The van der Waals surface area contributed by atoms with E-state index in [1.54, 1.807) is 0 Å². The zero-order valence-corrected chi connectivity index (χ0v) is 13.4. The maximum atomic E-state index is 12.6. The molecular weight excluding hydrogens is 323 g/mol. The van der Waals surface area contributed by atoms with Crippen LogP contribution in [0.5, 0.6) is 5.75 Å². The van der Waals surface area contributed by atoms with Crippen LogP contribution in [0.1, 0.15) is 25.3 Å².